The lowest BCUT2D eigenvalue weighted by atomic mass is 10.0. The SMILES string of the molecule is O=C(N[C@@H](CO)C(=O)NCc1ccc(F)cc1)c1ccc(-c2ccccc2)cc1. The quantitative estimate of drug-likeness (QED) is 0.579. The monoisotopic (exact) mass is 392 g/mol. The summed E-state index contributed by atoms with van der Waals surface area (Å²) in [6.07, 6.45) is 0. The van der Waals surface area contributed by atoms with Crippen molar-refractivity contribution in [3.8, 4) is 11.1 Å². The maximum Gasteiger partial charge on any atom is 0.251 e. The molecule has 0 radical (unpaired) electrons. The van der Waals surface area contributed by atoms with Crippen LogP contribution in [0.3, 0.4) is 0 Å². The van der Waals surface area contributed by atoms with E-state index in [0.29, 0.717) is 11.1 Å². The second-order valence-electron chi connectivity index (χ2n) is 6.50. The maximum absolute atomic E-state index is 12.9. The Kier molecular flexibility index (Phi) is 6.71. The van der Waals surface area contributed by atoms with E-state index in [-0.39, 0.29) is 12.4 Å². The smallest absolute Gasteiger partial charge is 0.251 e. The molecule has 1 atom stereocenters. The van der Waals surface area contributed by atoms with Gasteiger partial charge < -0.3 is 15.7 Å². The Morgan fingerprint density at radius 2 is 1.48 bits per heavy atom. The molecule has 0 fully saturated rings. The molecule has 29 heavy (non-hydrogen) atoms. The van der Waals surface area contributed by atoms with Gasteiger partial charge in [0, 0.05) is 12.1 Å². The van der Waals surface area contributed by atoms with Gasteiger partial charge in [0.1, 0.15) is 11.9 Å². The van der Waals surface area contributed by atoms with Gasteiger partial charge in [-0.2, -0.15) is 0 Å². The Labute approximate surface area is 168 Å². The van der Waals surface area contributed by atoms with E-state index in [1.54, 1.807) is 24.3 Å². The van der Waals surface area contributed by atoms with Gasteiger partial charge in [-0.1, -0.05) is 54.6 Å². The number of hydrogen-bond acceptors (Lipinski definition) is 3. The molecule has 3 aromatic rings. The zero-order chi connectivity index (χ0) is 20.6. The number of halogens is 1. The summed E-state index contributed by atoms with van der Waals surface area (Å²) < 4.78 is 12.9. The Morgan fingerprint density at radius 3 is 2.10 bits per heavy atom. The first-order valence-electron chi connectivity index (χ1n) is 9.16. The van der Waals surface area contributed by atoms with Crippen molar-refractivity contribution < 1.29 is 19.1 Å². The zero-order valence-corrected chi connectivity index (χ0v) is 15.6. The molecule has 0 bridgehead atoms. The van der Waals surface area contributed by atoms with Crippen LogP contribution in [-0.4, -0.2) is 29.6 Å². The summed E-state index contributed by atoms with van der Waals surface area (Å²) in [6.45, 7) is -0.375. The van der Waals surface area contributed by atoms with Crippen molar-refractivity contribution in [2.45, 2.75) is 12.6 Å². The summed E-state index contributed by atoms with van der Waals surface area (Å²) in [6, 6.07) is 21.4. The fourth-order valence-electron chi connectivity index (χ4n) is 2.79. The standard InChI is InChI=1S/C23H21FN2O3/c24-20-12-6-16(7-13-20)14-25-23(29)21(15-27)26-22(28)19-10-8-18(9-11-19)17-4-2-1-3-5-17/h1-13,21,27H,14-15H2,(H,25,29)(H,26,28)/t21-/m0/s1. The molecule has 0 aromatic heterocycles. The molecule has 0 aliphatic heterocycles. The zero-order valence-electron chi connectivity index (χ0n) is 15.6. The van der Waals surface area contributed by atoms with Gasteiger partial charge in [0.2, 0.25) is 5.91 Å². The fourth-order valence-corrected chi connectivity index (χ4v) is 2.79. The van der Waals surface area contributed by atoms with E-state index in [2.05, 4.69) is 10.6 Å². The minimum atomic E-state index is -1.09. The maximum atomic E-state index is 12.9. The number of benzene rings is 3. The van der Waals surface area contributed by atoms with Crippen molar-refractivity contribution in [1.29, 1.82) is 0 Å². The molecule has 2 amide bonds. The Balaban J connectivity index is 1.58. The van der Waals surface area contributed by atoms with Gasteiger partial charge in [-0.3, -0.25) is 9.59 Å². The molecule has 0 spiro atoms. The molecule has 0 aliphatic rings. The van der Waals surface area contributed by atoms with Crippen LogP contribution >= 0.6 is 0 Å². The molecule has 3 N–H and O–H groups in total. The second kappa shape index (κ2) is 9.61. The lowest BCUT2D eigenvalue weighted by Crippen LogP contribution is -2.48. The van der Waals surface area contributed by atoms with Gasteiger partial charge in [-0.25, -0.2) is 4.39 Å². The van der Waals surface area contributed by atoms with Crippen LogP contribution in [0.4, 0.5) is 4.39 Å². The van der Waals surface area contributed by atoms with Crippen LogP contribution in [0.25, 0.3) is 11.1 Å². The van der Waals surface area contributed by atoms with E-state index in [0.717, 1.165) is 11.1 Å². The van der Waals surface area contributed by atoms with Crippen LogP contribution in [0, 0.1) is 5.82 Å². The highest BCUT2D eigenvalue weighted by molar-refractivity contribution is 5.97. The first-order chi connectivity index (χ1) is 14.1. The third-order valence-electron chi connectivity index (χ3n) is 4.44. The molecule has 0 unspecified atom stereocenters. The Hall–Kier alpha value is -3.51. The Bertz CT molecular complexity index is 958. The van der Waals surface area contributed by atoms with E-state index < -0.39 is 24.5 Å². The van der Waals surface area contributed by atoms with Gasteiger partial charge in [0.15, 0.2) is 0 Å². The van der Waals surface area contributed by atoms with Crippen molar-refractivity contribution in [1.82, 2.24) is 10.6 Å². The minimum absolute atomic E-state index is 0.164. The summed E-state index contributed by atoms with van der Waals surface area (Å²) in [5, 5.41) is 14.6. The first-order valence-corrected chi connectivity index (χ1v) is 9.16. The number of carbonyl (C=O) groups is 2. The second-order valence-corrected chi connectivity index (χ2v) is 6.50. The van der Waals surface area contributed by atoms with Gasteiger partial charge in [-0.05, 0) is 41.0 Å². The topological polar surface area (TPSA) is 78.4 Å². The number of carbonyl (C=O) groups excluding carboxylic acids is 2. The first kappa shape index (κ1) is 20.2. The highest BCUT2D eigenvalue weighted by atomic mass is 19.1. The van der Waals surface area contributed by atoms with Crippen LogP contribution in [0.2, 0.25) is 0 Å². The van der Waals surface area contributed by atoms with Gasteiger partial charge in [0.05, 0.1) is 6.61 Å². The Morgan fingerprint density at radius 1 is 0.862 bits per heavy atom. The van der Waals surface area contributed by atoms with E-state index in [4.69, 9.17) is 0 Å². The van der Waals surface area contributed by atoms with Gasteiger partial charge in [-0.15, -0.1) is 0 Å². The predicted molar refractivity (Wildman–Crippen MR) is 108 cm³/mol. The number of aliphatic hydroxyl groups excluding tert-OH is 1. The molecule has 3 aromatic carbocycles. The number of nitrogens with one attached hydrogen (secondary N) is 2. The van der Waals surface area contributed by atoms with Crippen LogP contribution in [0.5, 0.6) is 0 Å². The average molecular weight is 392 g/mol. The van der Waals surface area contributed by atoms with Crippen LogP contribution in [0.1, 0.15) is 15.9 Å². The average Bonchev–Trinajstić information content (AvgIpc) is 2.77. The third-order valence-corrected chi connectivity index (χ3v) is 4.44. The van der Waals surface area contributed by atoms with E-state index in [1.807, 2.05) is 42.5 Å². The molecule has 0 saturated carbocycles. The third kappa shape index (κ3) is 5.49. The lowest BCUT2D eigenvalue weighted by molar-refractivity contribution is -0.124. The fraction of sp³-hybridized carbons (Fsp3) is 0.130. The molecular formula is C23H21FN2O3. The highest BCUT2D eigenvalue weighted by Crippen LogP contribution is 2.19. The molecule has 0 saturated heterocycles. The summed E-state index contributed by atoms with van der Waals surface area (Å²) >= 11 is 0. The van der Waals surface area contributed by atoms with E-state index >= 15 is 0 Å². The highest BCUT2D eigenvalue weighted by Gasteiger charge is 2.20. The molecule has 0 heterocycles. The van der Waals surface area contributed by atoms with Crippen molar-refractivity contribution in [2.75, 3.05) is 6.61 Å². The summed E-state index contributed by atoms with van der Waals surface area (Å²) in [7, 11) is 0. The summed E-state index contributed by atoms with van der Waals surface area (Å²) in [5.74, 6) is -1.34. The number of rotatable bonds is 7. The number of aliphatic hydroxyl groups is 1. The van der Waals surface area contributed by atoms with Crippen molar-refractivity contribution >= 4 is 11.8 Å². The van der Waals surface area contributed by atoms with Crippen LogP contribution in [0.15, 0.2) is 78.9 Å². The van der Waals surface area contributed by atoms with Crippen molar-refractivity contribution in [3.63, 3.8) is 0 Å². The lowest BCUT2D eigenvalue weighted by Gasteiger charge is -2.16. The van der Waals surface area contributed by atoms with Gasteiger partial charge >= 0.3 is 0 Å². The summed E-state index contributed by atoms with van der Waals surface area (Å²) in [5.41, 5.74) is 3.10. The largest absolute Gasteiger partial charge is 0.394 e. The van der Waals surface area contributed by atoms with E-state index in [9.17, 15) is 19.1 Å². The van der Waals surface area contributed by atoms with E-state index in [1.165, 1.54) is 12.1 Å². The molecule has 148 valence electrons. The minimum Gasteiger partial charge on any atom is -0.394 e. The molecule has 6 heteroatoms. The van der Waals surface area contributed by atoms with Crippen LogP contribution in [-0.2, 0) is 11.3 Å². The number of amides is 2. The predicted octanol–water partition coefficient (Wildman–Crippen LogP) is 2.90. The summed E-state index contributed by atoms with van der Waals surface area (Å²) in [4.78, 5) is 24.7. The van der Waals surface area contributed by atoms with Gasteiger partial charge in [0.25, 0.3) is 5.91 Å². The molecule has 5 nitrogen and oxygen atoms in total. The normalized spacial score (nSPS) is 11.5. The molecule has 0 aliphatic carbocycles. The van der Waals surface area contributed by atoms with Crippen molar-refractivity contribution in [3.05, 3.63) is 95.8 Å². The van der Waals surface area contributed by atoms with Crippen LogP contribution < -0.4 is 10.6 Å². The number of hydrogen-bond donors (Lipinski definition) is 3. The molecular weight excluding hydrogens is 371 g/mol. The van der Waals surface area contributed by atoms with Crippen molar-refractivity contribution in [2.24, 2.45) is 0 Å². The molecule has 3 rings (SSSR count).